The van der Waals surface area contributed by atoms with E-state index in [1.807, 2.05) is 0 Å². The summed E-state index contributed by atoms with van der Waals surface area (Å²) in [6.07, 6.45) is 1.95. The summed E-state index contributed by atoms with van der Waals surface area (Å²) in [6, 6.07) is 4.32. The molecule has 1 saturated heterocycles. The molecule has 18 heavy (non-hydrogen) atoms. The van der Waals surface area contributed by atoms with Crippen LogP contribution in [0.4, 0.5) is 4.39 Å². The Hall–Kier alpha value is -1.62. The van der Waals surface area contributed by atoms with Crippen LogP contribution in [0.2, 0.25) is 0 Å². The lowest BCUT2D eigenvalue weighted by molar-refractivity contribution is 0.0926. The number of nitrogens with one attached hydrogen (secondary N) is 2. The zero-order chi connectivity index (χ0) is 13.0. The average molecular weight is 252 g/mol. The number of amides is 1. The number of ether oxygens (including phenoxy) is 1. The number of hydrogen-bond acceptors (Lipinski definition) is 3. The molecule has 2 rings (SSSR count). The fraction of sp³-hybridized carbons (Fsp3) is 0.462. The van der Waals surface area contributed by atoms with Crippen LogP contribution in [0.1, 0.15) is 23.2 Å². The van der Waals surface area contributed by atoms with Gasteiger partial charge in [-0.2, -0.15) is 0 Å². The highest BCUT2D eigenvalue weighted by molar-refractivity contribution is 5.94. The number of hydrogen-bond donors (Lipinski definition) is 2. The van der Waals surface area contributed by atoms with Crippen molar-refractivity contribution in [2.75, 3.05) is 20.2 Å². The molecule has 5 heteroatoms. The van der Waals surface area contributed by atoms with Gasteiger partial charge in [-0.05, 0) is 31.5 Å². The number of rotatable bonds is 3. The Kier molecular flexibility index (Phi) is 4.15. The van der Waals surface area contributed by atoms with Gasteiger partial charge in [-0.25, -0.2) is 4.39 Å². The summed E-state index contributed by atoms with van der Waals surface area (Å²) >= 11 is 0. The first-order valence-electron chi connectivity index (χ1n) is 6.06. The molecule has 0 spiro atoms. The van der Waals surface area contributed by atoms with Crippen molar-refractivity contribution >= 4 is 5.91 Å². The summed E-state index contributed by atoms with van der Waals surface area (Å²) in [7, 11) is 1.46. The molecule has 1 aliphatic heterocycles. The van der Waals surface area contributed by atoms with Crippen LogP contribution < -0.4 is 15.4 Å². The van der Waals surface area contributed by atoms with E-state index < -0.39 is 5.82 Å². The van der Waals surface area contributed by atoms with Gasteiger partial charge >= 0.3 is 0 Å². The lowest BCUT2D eigenvalue weighted by Crippen LogP contribution is -2.45. The summed E-state index contributed by atoms with van der Waals surface area (Å²) < 4.78 is 18.6. The monoisotopic (exact) mass is 252 g/mol. The molecular formula is C13H17FN2O2. The Labute approximate surface area is 106 Å². The molecule has 1 aromatic carbocycles. The van der Waals surface area contributed by atoms with Crippen molar-refractivity contribution in [2.45, 2.75) is 18.9 Å². The highest BCUT2D eigenvalue weighted by Gasteiger charge is 2.18. The molecule has 0 aromatic heterocycles. The van der Waals surface area contributed by atoms with Gasteiger partial charge in [0.1, 0.15) is 11.6 Å². The van der Waals surface area contributed by atoms with Crippen LogP contribution in [0.15, 0.2) is 18.2 Å². The van der Waals surface area contributed by atoms with Crippen molar-refractivity contribution in [3.05, 3.63) is 29.6 Å². The van der Waals surface area contributed by atoms with E-state index in [1.54, 1.807) is 6.07 Å². The maximum atomic E-state index is 13.7. The smallest absolute Gasteiger partial charge is 0.254 e. The minimum atomic E-state index is -0.560. The molecule has 0 aliphatic carbocycles. The molecule has 4 nitrogen and oxygen atoms in total. The third-order valence-corrected chi connectivity index (χ3v) is 3.05. The zero-order valence-electron chi connectivity index (χ0n) is 10.3. The van der Waals surface area contributed by atoms with E-state index in [0.717, 1.165) is 25.9 Å². The van der Waals surface area contributed by atoms with Gasteiger partial charge in [0.25, 0.3) is 5.91 Å². The first kappa shape index (κ1) is 12.8. The number of benzene rings is 1. The molecule has 1 aliphatic rings. The van der Waals surface area contributed by atoms with Gasteiger partial charge in [-0.1, -0.05) is 0 Å². The molecular weight excluding hydrogens is 235 g/mol. The first-order valence-corrected chi connectivity index (χ1v) is 6.06. The summed E-state index contributed by atoms with van der Waals surface area (Å²) in [5.74, 6) is -0.525. The van der Waals surface area contributed by atoms with Crippen molar-refractivity contribution in [1.82, 2.24) is 10.6 Å². The van der Waals surface area contributed by atoms with E-state index in [0.29, 0.717) is 5.75 Å². The summed E-state index contributed by atoms with van der Waals surface area (Å²) in [4.78, 5) is 11.9. The molecule has 0 saturated carbocycles. The fourth-order valence-electron chi connectivity index (χ4n) is 2.05. The molecule has 1 fully saturated rings. The van der Waals surface area contributed by atoms with Crippen LogP contribution in [0.3, 0.4) is 0 Å². The largest absolute Gasteiger partial charge is 0.497 e. The molecule has 98 valence electrons. The topological polar surface area (TPSA) is 50.4 Å². The van der Waals surface area contributed by atoms with Crippen LogP contribution in [0, 0.1) is 5.82 Å². The lowest BCUT2D eigenvalue weighted by atomic mass is 10.1. The molecule has 0 unspecified atom stereocenters. The van der Waals surface area contributed by atoms with Gasteiger partial charge in [-0.15, -0.1) is 0 Å². The Morgan fingerprint density at radius 2 is 2.39 bits per heavy atom. The van der Waals surface area contributed by atoms with E-state index in [9.17, 15) is 9.18 Å². The molecule has 1 aromatic rings. The maximum absolute atomic E-state index is 13.7. The number of carbonyl (C=O) groups is 1. The number of halogens is 1. The van der Waals surface area contributed by atoms with E-state index in [1.165, 1.54) is 19.2 Å². The van der Waals surface area contributed by atoms with E-state index in [2.05, 4.69) is 10.6 Å². The van der Waals surface area contributed by atoms with Crippen molar-refractivity contribution < 1.29 is 13.9 Å². The number of methoxy groups -OCH3 is 1. The van der Waals surface area contributed by atoms with Crippen LogP contribution in [0.5, 0.6) is 5.75 Å². The van der Waals surface area contributed by atoms with Gasteiger partial charge in [0.05, 0.1) is 12.7 Å². The molecule has 2 N–H and O–H groups in total. The Balaban J connectivity index is 2.03. The first-order chi connectivity index (χ1) is 8.70. The second-order valence-electron chi connectivity index (χ2n) is 4.36. The van der Waals surface area contributed by atoms with Crippen molar-refractivity contribution in [3.8, 4) is 5.75 Å². The van der Waals surface area contributed by atoms with Crippen LogP contribution in [-0.4, -0.2) is 32.1 Å². The fourth-order valence-corrected chi connectivity index (χ4v) is 2.05. The highest BCUT2D eigenvalue weighted by Crippen LogP contribution is 2.16. The number of piperidine rings is 1. The van der Waals surface area contributed by atoms with Gasteiger partial charge < -0.3 is 15.4 Å². The standard InChI is InChI=1S/C13H17FN2O2/c1-18-10-4-5-11(12(14)7-10)13(17)16-9-3-2-6-15-8-9/h4-5,7,9,15H,2-3,6,8H2,1H3,(H,16,17)/t9-/m1/s1. The quantitative estimate of drug-likeness (QED) is 0.853. The predicted molar refractivity (Wildman–Crippen MR) is 66.3 cm³/mol. The van der Waals surface area contributed by atoms with Gasteiger partial charge in [0.15, 0.2) is 0 Å². The Morgan fingerprint density at radius 1 is 1.56 bits per heavy atom. The summed E-state index contributed by atoms with van der Waals surface area (Å²) in [6.45, 7) is 1.72. The van der Waals surface area contributed by atoms with Crippen molar-refractivity contribution in [3.63, 3.8) is 0 Å². The average Bonchev–Trinajstić information content (AvgIpc) is 2.39. The van der Waals surface area contributed by atoms with Crippen molar-refractivity contribution in [1.29, 1.82) is 0 Å². The second kappa shape index (κ2) is 5.82. The van der Waals surface area contributed by atoms with Gasteiger partial charge in [0.2, 0.25) is 0 Å². The highest BCUT2D eigenvalue weighted by atomic mass is 19.1. The van der Waals surface area contributed by atoms with Crippen LogP contribution in [0.25, 0.3) is 0 Å². The normalized spacial score (nSPS) is 19.3. The summed E-state index contributed by atoms with van der Waals surface area (Å²) in [5.41, 5.74) is 0.0568. The van der Waals surface area contributed by atoms with Crippen molar-refractivity contribution in [2.24, 2.45) is 0 Å². The lowest BCUT2D eigenvalue weighted by Gasteiger charge is -2.23. The third kappa shape index (κ3) is 2.98. The second-order valence-corrected chi connectivity index (χ2v) is 4.36. The predicted octanol–water partition coefficient (Wildman–Crippen LogP) is 1.32. The van der Waals surface area contributed by atoms with E-state index in [-0.39, 0.29) is 17.5 Å². The summed E-state index contributed by atoms with van der Waals surface area (Å²) in [5, 5.41) is 6.03. The molecule has 1 heterocycles. The van der Waals surface area contributed by atoms with Crippen LogP contribution >= 0.6 is 0 Å². The molecule has 0 radical (unpaired) electrons. The third-order valence-electron chi connectivity index (χ3n) is 3.05. The van der Waals surface area contributed by atoms with E-state index >= 15 is 0 Å². The Morgan fingerprint density at radius 3 is 3.00 bits per heavy atom. The SMILES string of the molecule is COc1ccc(C(=O)N[C@@H]2CCCNC2)c(F)c1. The Bertz CT molecular complexity index is 431. The number of carbonyl (C=O) groups excluding carboxylic acids is 1. The zero-order valence-corrected chi connectivity index (χ0v) is 10.3. The maximum Gasteiger partial charge on any atom is 0.254 e. The molecule has 1 atom stereocenters. The van der Waals surface area contributed by atoms with E-state index in [4.69, 9.17) is 4.74 Å². The minimum Gasteiger partial charge on any atom is -0.497 e. The van der Waals surface area contributed by atoms with Crippen LogP contribution in [-0.2, 0) is 0 Å². The molecule has 0 bridgehead atoms. The molecule has 1 amide bonds. The van der Waals surface area contributed by atoms with Gasteiger partial charge in [-0.3, -0.25) is 4.79 Å². The van der Waals surface area contributed by atoms with Gasteiger partial charge in [0, 0.05) is 18.7 Å². The minimum absolute atomic E-state index is 0.0568.